The first kappa shape index (κ1) is 19.1. The summed E-state index contributed by atoms with van der Waals surface area (Å²) in [5, 5.41) is -0.239. The lowest BCUT2D eigenvalue weighted by Gasteiger charge is -2.53. The molecule has 0 unspecified atom stereocenters. The van der Waals surface area contributed by atoms with Crippen molar-refractivity contribution in [2.75, 3.05) is 6.61 Å². The van der Waals surface area contributed by atoms with E-state index in [0.29, 0.717) is 6.61 Å². The number of carbonyl (C=O) groups excluding carboxylic acids is 1. The third-order valence-corrected chi connectivity index (χ3v) is 10.5. The van der Waals surface area contributed by atoms with E-state index in [1.165, 1.54) is 0 Å². The normalized spacial score (nSPS) is 31.7. The Bertz CT molecular complexity index is 458. The van der Waals surface area contributed by atoms with Gasteiger partial charge in [-0.2, -0.15) is 0 Å². The van der Waals surface area contributed by atoms with Crippen molar-refractivity contribution in [2.45, 2.75) is 89.6 Å². The lowest BCUT2D eigenvalue weighted by atomic mass is 10.1. The molecule has 0 aromatic heterocycles. The lowest BCUT2D eigenvalue weighted by Crippen LogP contribution is -2.65. The largest absolute Gasteiger partial charge is 0.455 e. The molecule has 2 aliphatic rings. The molecule has 23 heavy (non-hydrogen) atoms. The molecule has 0 aliphatic carbocycles. The first-order chi connectivity index (χ1) is 10.2. The van der Waals surface area contributed by atoms with E-state index in [1.807, 2.05) is 0 Å². The third kappa shape index (κ3) is 3.44. The second-order valence-electron chi connectivity index (χ2n) is 9.64. The van der Waals surface area contributed by atoms with E-state index < -0.39 is 23.0 Å². The maximum absolute atomic E-state index is 12.3. The molecule has 2 rings (SSSR count). The number of carbonyl (C=O) groups is 1. The summed E-state index contributed by atoms with van der Waals surface area (Å²) >= 11 is 0. The molecule has 7 heteroatoms. The van der Waals surface area contributed by atoms with Crippen LogP contribution < -0.4 is 0 Å². The smallest absolute Gasteiger partial charge is 0.349 e. The third-order valence-electron chi connectivity index (χ3n) is 4.37. The van der Waals surface area contributed by atoms with Gasteiger partial charge in [-0.3, -0.25) is 0 Å². The zero-order valence-corrected chi connectivity index (χ0v) is 18.0. The summed E-state index contributed by atoms with van der Waals surface area (Å²) in [5.74, 6) is -0.307. The number of fused-ring (bicyclic) bond motifs is 1. The Morgan fingerprint density at radius 3 is 2.04 bits per heavy atom. The fourth-order valence-electron chi connectivity index (χ4n) is 3.71. The molecule has 134 valence electrons. The number of ether oxygens (including phenoxy) is 1. The van der Waals surface area contributed by atoms with Crippen molar-refractivity contribution in [1.82, 2.24) is 0 Å². The van der Waals surface area contributed by atoms with E-state index in [9.17, 15) is 4.79 Å². The van der Waals surface area contributed by atoms with Crippen LogP contribution in [0.4, 0.5) is 0 Å². The van der Waals surface area contributed by atoms with Gasteiger partial charge in [-0.1, -0.05) is 41.5 Å². The zero-order chi connectivity index (χ0) is 17.8. The molecular formula is C16H32O5Si2. The number of rotatable bonds is 2. The summed E-state index contributed by atoms with van der Waals surface area (Å²) < 4.78 is 24.5. The predicted molar refractivity (Wildman–Crippen MR) is 94.1 cm³/mol. The molecule has 0 saturated carbocycles. The molecule has 0 N–H and O–H groups in total. The average Bonchev–Trinajstić information content (AvgIpc) is 2.60. The SMILES string of the molecule is CC(C)(C)[Si]1(C(C)(C)C)OC[C@H]2OC(=O)[C@@H](O[Si](C)(C)C)[C@@H]2O1. The molecule has 0 radical (unpaired) electrons. The van der Waals surface area contributed by atoms with E-state index in [2.05, 4.69) is 61.2 Å². The minimum Gasteiger partial charge on any atom is -0.455 e. The fourth-order valence-corrected chi connectivity index (χ4v) is 9.65. The molecule has 0 spiro atoms. The van der Waals surface area contributed by atoms with Gasteiger partial charge >= 0.3 is 14.5 Å². The highest BCUT2D eigenvalue weighted by atomic mass is 28.4. The molecule has 2 aliphatic heterocycles. The van der Waals surface area contributed by atoms with Crippen LogP contribution in [-0.2, 0) is 22.8 Å². The van der Waals surface area contributed by atoms with Crippen molar-refractivity contribution < 1.29 is 22.8 Å². The highest BCUT2D eigenvalue weighted by Gasteiger charge is 2.65. The second kappa shape index (κ2) is 5.66. The number of hydrogen-bond donors (Lipinski definition) is 0. The van der Waals surface area contributed by atoms with Crippen molar-refractivity contribution in [2.24, 2.45) is 0 Å². The molecule has 2 heterocycles. The van der Waals surface area contributed by atoms with Crippen LogP contribution in [0.25, 0.3) is 0 Å². The first-order valence-electron chi connectivity index (χ1n) is 8.38. The summed E-state index contributed by atoms with van der Waals surface area (Å²) in [6.45, 7) is 19.6. The monoisotopic (exact) mass is 360 g/mol. The maximum atomic E-state index is 12.3. The summed E-state index contributed by atoms with van der Waals surface area (Å²) in [6, 6.07) is 0. The van der Waals surface area contributed by atoms with Crippen LogP contribution in [0.15, 0.2) is 0 Å². The average molecular weight is 361 g/mol. The molecular weight excluding hydrogens is 328 g/mol. The Labute approximate surface area is 142 Å². The maximum Gasteiger partial charge on any atom is 0.349 e. The molecule has 0 aromatic rings. The van der Waals surface area contributed by atoms with E-state index in [0.717, 1.165) is 0 Å². The summed E-state index contributed by atoms with van der Waals surface area (Å²) in [7, 11) is -4.50. The van der Waals surface area contributed by atoms with Gasteiger partial charge in [-0.25, -0.2) is 4.79 Å². The van der Waals surface area contributed by atoms with E-state index >= 15 is 0 Å². The lowest BCUT2D eigenvalue weighted by molar-refractivity contribution is -0.147. The Kier molecular flexibility index (Phi) is 4.70. The highest BCUT2D eigenvalue weighted by Crippen LogP contribution is 2.55. The van der Waals surface area contributed by atoms with Crippen molar-refractivity contribution in [3.8, 4) is 0 Å². The van der Waals surface area contributed by atoms with Gasteiger partial charge in [0, 0.05) is 10.1 Å². The van der Waals surface area contributed by atoms with Crippen LogP contribution in [0.5, 0.6) is 0 Å². The van der Waals surface area contributed by atoms with Gasteiger partial charge in [0.25, 0.3) is 0 Å². The standard InChI is InChI=1S/C16H32O5Si2/c1-15(2,3)23(16(4,5)6)18-10-11-12(21-23)13(14(17)19-11)20-22(7,8)9/h11-13H,10H2,1-9H3/t11-,12-,13+/m1/s1. The Balaban J connectivity index is 2.36. The van der Waals surface area contributed by atoms with Gasteiger partial charge in [0.05, 0.1) is 6.61 Å². The van der Waals surface area contributed by atoms with Crippen LogP contribution in [0.2, 0.25) is 29.7 Å². The zero-order valence-electron chi connectivity index (χ0n) is 16.0. The Morgan fingerprint density at radius 1 is 1.09 bits per heavy atom. The van der Waals surface area contributed by atoms with Gasteiger partial charge in [0.1, 0.15) is 6.10 Å². The van der Waals surface area contributed by atoms with Crippen LogP contribution >= 0.6 is 0 Å². The van der Waals surface area contributed by atoms with Crippen LogP contribution in [-0.4, -0.2) is 47.8 Å². The van der Waals surface area contributed by atoms with Gasteiger partial charge < -0.3 is 18.0 Å². The van der Waals surface area contributed by atoms with E-state index in [-0.39, 0.29) is 28.3 Å². The molecule has 0 bridgehead atoms. The van der Waals surface area contributed by atoms with Gasteiger partial charge in [-0.15, -0.1) is 0 Å². The van der Waals surface area contributed by atoms with Crippen molar-refractivity contribution >= 4 is 22.8 Å². The van der Waals surface area contributed by atoms with Gasteiger partial charge in [-0.05, 0) is 19.6 Å². The van der Waals surface area contributed by atoms with E-state index in [1.54, 1.807) is 0 Å². The molecule has 5 nitrogen and oxygen atoms in total. The van der Waals surface area contributed by atoms with Gasteiger partial charge in [0.2, 0.25) is 0 Å². The van der Waals surface area contributed by atoms with Crippen LogP contribution in [0.1, 0.15) is 41.5 Å². The van der Waals surface area contributed by atoms with Crippen molar-refractivity contribution in [1.29, 1.82) is 0 Å². The first-order valence-corrected chi connectivity index (χ1v) is 13.6. The van der Waals surface area contributed by atoms with Crippen LogP contribution in [0.3, 0.4) is 0 Å². The molecule has 2 saturated heterocycles. The molecule has 0 aromatic carbocycles. The number of hydrogen-bond acceptors (Lipinski definition) is 5. The van der Waals surface area contributed by atoms with Crippen LogP contribution in [0, 0.1) is 0 Å². The fraction of sp³-hybridized carbons (Fsp3) is 0.938. The van der Waals surface area contributed by atoms with Crippen molar-refractivity contribution in [3.05, 3.63) is 0 Å². The highest BCUT2D eigenvalue weighted by molar-refractivity contribution is 6.73. The van der Waals surface area contributed by atoms with Crippen molar-refractivity contribution in [3.63, 3.8) is 0 Å². The molecule has 3 atom stereocenters. The van der Waals surface area contributed by atoms with Gasteiger partial charge in [0.15, 0.2) is 20.5 Å². The Morgan fingerprint density at radius 2 is 1.61 bits per heavy atom. The summed E-state index contributed by atoms with van der Waals surface area (Å²) in [6.07, 6.45) is -1.32. The second-order valence-corrected chi connectivity index (χ2v) is 18.9. The summed E-state index contributed by atoms with van der Waals surface area (Å²) in [5.41, 5.74) is 0. The minimum absolute atomic E-state index is 0.119. The quantitative estimate of drug-likeness (QED) is 0.556. The molecule has 2 fully saturated rings. The topological polar surface area (TPSA) is 54.0 Å². The predicted octanol–water partition coefficient (Wildman–Crippen LogP) is 3.59. The number of esters is 1. The van der Waals surface area contributed by atoms with E-state index in [4.69, 9.17) is 18.0 Å². The Hall–Kier alpha value is -0.216. The summed E-state index contributed by atoms with van der Waals surface area (Å²) in [4.78, 5) is 12.3. The minimum atomic E-state index is -2.62. The molecule has 0 amide bonds.